The lowest BCUT2D eigenvalue weighted by atomic mass is 9.72. The highest BCUT2D eigenvalue weighted by Gasteiger charge is 2.31. The molecule has 6 nitrogen and oxygen atoms in total. The van der Waals surface area contributed by atoms with Crippen molar-refractivity contribution in [3.8, 4) is 0 Å². The van der Waals surface area contributed by atoms with E-state index in [9.17, 15) is 9.90 Å². The van der Waals surface area contributed by atoms with Crippen LogP contribution < -0.4 is 16.0 Å². The van der Waals surface area contributed by atoms with Crippen LogP contribution in [0.25, 0.3) is 0 Å². The van der Waals surface area contributed by atoms with Gasteiger partial charge in [0.25, 0.3) is 0 Å². The summed E-state index contributed by atoms with van der Waals surface area (Å²) in [5, 5.41) is 18.8. The summed E-state index contributed by atoms with van der Waals surface area (Å²) >= 11 is 0. The average Bonchev–Trinajstić information content (AvgIpc) is 2.59. The smallest absolute Gasteiger partial charge is 0.221 e. The van der Waals surface area contributed by atoms with E-state index < -0.39 is 0 Å². The number of amides is 1. The van der Waals surface area contributed by atoms with E-state index in [1.165, 1.54) is 19.3 Å². The van der Waals surface area contributed by atoms with Gasteiger partial charge in [-0.05, 0) is 38.0 Å². The molecule has 0 unspecified atom stereocenters. The molecule has 25 heavy (non-hydrogen) atoms. The molecular weight excluding hydrogens is 431 g/mol. The molecule has 0 aromatic heterocycles. The van der Waals surface area contributed by atoms with Gasteiger partial charge in [0.05, 0.1) is 0 Å². The Morgan fingerprint density at radius 3 is 2.40 bits per heavy atom. The molecule has 4 N–H and O–H groups in total. The van der Waals surface area contributed by atoms with Crippen molar-refractivity contribution in [2.24, 2.45) is 10.4 Å². The summed E-state index contributed by atoms with van der Waals surface area (Å²) in [5.74, 6) is 0.841. The van der Waals surface area contributed by atoms with Gasteiger partial charge in [-0.3, -0.25) is 9.79 Å². The Labute approximate surface area is 170 Å². The number of aliphatic hydroxyl groups excluding tert-OH is 1. The van der Waals surface area contributed by atoms with Crippen LogP contribution in [0.15, 0.2) is 4.99 Å². The second-order valence-corrected chi connectivity index (χ2v) is 6.76. The Hall–Kier alpha value is -0.570. The van der Waals surface area contributed by atoms with Gasteiger partial charge >= 0.3 is 0 Å². The number of guanidine groups is 1. The van der Waals surface area contributed by atoms with Crippen molar-refractivity contribution >= 4 is 35.8 Å². The molecule has 0 radical (unpaired) electrons. The number of hydrogen-bond donors (Lipinski definition) is 4. The third-order valence-electron chi connectivity index (χ3n) is 4.69. The zero-order valence-corrected chi connectivity index (χ0v) is 18.2. The molecule has 0 saturated heterocycles. The van der Waals surface area contributed by atoms with Gasteiger partial charge in [0, 0.05) is 39.2 Å². The molecule has 0 atom stereocenters. The number of aliphatic hydroxyl groups is 1. The van der Waals surface area contributed by atoms with E-state index in [4.69, 9.17) is 4.99 Å². The number of rotatable bonds is 10. The van der Waals surface area contributed by atoms with E-state index >= 15 is 0 Å². The first-order valence-corrected chi connectivity index (χ1v) is 9.55. The number of hydrogen-bond acceptors (Lipinski definition) is 3. The number of carbonyl (C=O) groups excluding carboxylic acids is 1. The standard InChI is InChI=1S/C18H36N4O2.HI/c1-3-12-20-16(24)8-13-21-17(19-4-2)22-15-18(11-14-23)9-6-5-7-10-18;/h23H,3-15H2,1-2H3,(H,20,24)(H2,19,21,22);1H. The molecule has 148 valence electrons. The zero-order valence-electron chi connectivity index (χ0n) is 15.9. The lowest BCUT2D eigenvalue weighted by Gasteiger charge is -2.35. The minimum atomic E-state index is 0. The molecule has 7 heteroatoms. The summed E-state index contributed by atoms with van der Waals surface area (Å²) in [6.07, 6.45) is 8.29. The lowest BCUT2D eigenvalue weighted by molar-refractivity contribution is -0.120. The summed E-state index contributed by atoms with van der Waals surface area (Å²) in [6.45, 7) is 7.16. The molecule has 1 saturated carbocycles. The van der Waals surface area contributed by atoms with Crippen LogP contribution in [-0.2, 0) is 4.79 Å². The Morgan fingerprint density at radius 2 is 1.80 bits per heavy atom. The fraction of sp³-hybridized carbons (Fsp3) is 0.889. The molecule has 1 rings (SSSR count). The van der Waals surface area contributed by atoms with Crippen molar-refractivity contribution in [2.75, 3.05) is 32.8 Å². The molecule has 0 bridgehead atoms. The predicted octanol–water partition coefficient (Wildman–Crippen LogP) is 2.41. The van der Waals surface area contributed by atoms with Gasteiger partial charge < -0.3 is 21.1 Å². The molecule has 0 aliphatic heterocycles. The first-order chi connectivity index (χ1) is 11.7. The summed E-state index contributed by atoms with van der Waals surface area (Å²) in [6, 6.07) is 0. The average molecular weight is 468 g/mol. The molecule has 0 aromatic carbocycles. The molecule has 0 heterocycles. The normalized spacial score (nSPS) is 16.7. The van der Waals surface area contributed by atoms with E-state index in [0.29, 0.717) is 13.0 Å². The maximum absolute atomic E-state index is 11.6. The first kappa shape index (κ1) is 24.4. The van der Waals surface area contributed by atoms with Crippen molar-refractivity contribution in [2.45, 2.75) is 65.2 Å². The van der Waals surface area contributed by atoms with E-state index in [0.717, 1.165) is 51.3 Å². The van der Waals surface area contributed by atoms with Crippen molar-refractivity contribution < 1.29 is 9.90 Å². The molecule has 0 aromatic rings. The SMILES string of the molecule is CCCNC(=O)CCNC(=NCC1(CCO)CCCCC1)NCC.I. The fourth-order valence-electron chi connectivity index (χ4n) is 3.26. The van der Waals surface area contributed by atoms with Crippen LogP contribution in [0.2, 0.25) is 0 Å². The van der Waals surface area contributed by atoms with E-state index in [1.807, 2.05) is 13.8 Å². The minimum absolute atomic E-state index is 0. The molecule has 1 aliphatic rings. The molecule has 1 aliphatic carbocycles. The van der Waals surface area contributed by atoms with Crippen LogP contribution in [-0.4, -0.2) is 49.8 Å². The Kier molecular flexibility index (Phi) is 14.3. The second-order valence-electron chi connectivity index (χ2n) is 6.76. The van der Waals surface area contributed by atoms with Gasteiger partial charge in [-0.25, -0.2) is 0 Å². The van der Waals surface area contributed by atoms with Crippen LogP contribution in [0.1, 0.15) is 65.2 Å². The van der Waals surface area contributed by atoms with Crippen LogP contribution in [0.4, 0.5) is 0 Å². The van der Waals surface area contributed by atoms with Gasteiger partial charge in [0.1, 0.15) is 0 Å². The first-order valence-electron chi connectivity index (χ1n) is 9.55. The van der Waals surface area contributed by atoms with Crippen molar-refractivity contribution in [3.05, 3.63) is 0 Å². The zero-order chi connectivity index (χ0) is 17.7. The highest BCUT2D eigenvalue weighted by Crippen LogP contribution is 2.39. The number of nitrogens with one attached hydrogen (secondary N) is 3. The van der Waals surface area contributed by atoms with Crippen LogP contribution in [0.3, 0.4) is 0 Å². The maximum atomic E-state index is 11.6. The fourth-order valence-corrected chi connectivity index (χ4v) is 3.26. The topological polar surface area (TPSA) is 85.8 Å². The third kappa shape index (κ3) is 10.2. The maximum Gasteiger partial charge on any atom is 0.221 e. The van der Waals surface area contributed by atoms with Crippen molar-refractivity contribution in [1.82, 2.24) is 16.0 Å². The minimum Gasteiger partial charge on any atom is -0.396 e. The van der Waals surface area contributed by atoms with Crippen LogP contribution in [0.5, 0.6) is 0 Å². The second kappa shape index (κ2) is 14.6. The Morgan fingerprint density at radius 1 is 1.08 bits per heavy atom. The molecule has 0 spiro atoms. The van der Waals surface area contributed by atoms with Gasteiger partial charge in [-0.15, -0.1) is 24.0 Å². The largest absolute Gasteiger partial charge is 0.396 e. The Balaban J connectivity index is 0.00000576. The number of aliphatic imine (C=N–C) groups is 1. The van der Waals surface area contributed by atoms with Gasteiger partial charge in [0.15, 0.2) is 5.96 Å². The van der Waals surface area contributed by atoms with Gasteiger partial charge in [0.2, 0.25) is 5.91 Å². The highest BCUT2D eigenvalue weighted by molar-refractivity contribution is 14.0. The van der Waals surface area contributed by atoms with Gasteiger partial charge in [-0.1, -0.05) is 26.2 Å². The predicted molar refractivity (Wildman–Crippen MR) is 115 cm³/mol. The molecular formula is C18H37IN4O2. The van der Waals surface area contributed by atoms with Crippen molar-refractivity contribution in [1.29, 1.82) is 0 Å². The summed E-state index contributed by atoms with van der Waals surface area (Å²) in [5.41, 5.74) is 0.147. The summed E-state index contributed by atoms with van der Waals surface area (Å²) in [4.78, 5) is 16.4. The quantitative estimate of drug-likeness (QED) is 0.225. The number of carbonyl (C=O) groups is 1. The van der Waals surface area contributed by atoms with Crippen LogP contribution in [0, 0.1) is 5.41 Å². The van der Waals surface area contributed by atoms with E-state index in [2.05, 4.69) is 16.0 Å². The van der Waals surface area contributed by atoms with E-state index in [-0.39, 0.29) is 41.9 Å². The molecule has 1 fully saturated rings. The molecule has 1 amide bonds. The highest BCUT2D eigenvalue weighted by atomic mass is 127. The Bertz CT molecular complexity index is 380. The van der Waals surface area contributed by atoms with E-state index in [1.54, 1.807) is 0 Å². The monoisotopic (exact) mass is 468 g/mol. The summed E-state index contributed by atoms with van der Waals surface area (Å²) < 4.78 is 0. The number of halogens is 1. The third-order valence-corrected chi connectivity index (χ3v) is 4.69. The van der Waals surface area contributed by atoms with Crippen LogP contribution >= 0.6 is 24.0 Å². The van der Waals surface area contributed by atoms with Crippen molar-refractivity contribution in [3.63, 3.8) is 0 Å². The lowest BCUT2D eigenvalue weighted by Crippen LogP contribution is -2.40. The number of nitrogens with zero attached hydrogens (tertiary/aromatic N) is 1. The van der Waals surface area contributed by atoms with Gasteiger partial charge in [-0.2, -0.15) is 0 Å². The summed E-state index contributed by atoms with van der Waals surface area (Å²) in [7, 11) is 0.